The summed E-state index contributed by atoms with van der Waals surface area (Å²) in [5.74, 6) is 0.720. The number of alkyl halides is 1. The summed E-state index contributed by atoms with van der Waals surface area (Å²) in [5.41, 5.74) is 1.79. The van der Waals surface area contributed by atoms with Crippen LogP contribution >= 0.6 is 15.9 Å². The van der Waals surface area contributed by atoms with Gasteiger partial charge in [0.15, 0.2) is 11.5 Å². The molecule has 0 heterocycles. The van der Waals surface area contributed by atoms with E-state index in [-0.39, 0.29) is 6.61 Å². The van der Waals surface area contributed by atoms with Crippen molar-refractivity contribution in [2.75, 3.05) is 7.11 Å². The zero-order chi connectivity index (χ0) is 15.2. The maximum absolute atomic E-state index is 13.7. The number of halogens is 2. The number of methoxy groups -OCH3 is 1. The Morgan fingerprint density at radius 2 is 2.00 bits per heavy atom. The Balaban J connectivity index is 2.18. The fraction of sp³-hybridized carbons (Fsp3) is 0.188. The standard InChI is InChI=1S/C16H13BrFNO2/c1-20-16-7-11(8-17)3-5-15(16)21-10-13-6-12(9-19)2-4-14(13)18/h2-7H,8,10H2,1H3. The summed E-state index contributed by atoms with van der Waals surface area (Å²) >= 11 is 3.37. The third kappa shape index (κ3) is 3.73. The highest BCUT2D eigenvalue weighted by molar-refractivity contribution is 9.08. The molecule has 0 aliphatic rings. The zero-order valence-corrected chi connectivity index (χ0v) is 13.0. The van der Waals surface area contributed by atoms with Crippen molar-refractivity contribution in [3.63, 3.8) is 0 Å². The minimum absolute atomic E-state index is 0.0331. The summed E-state index contributed by atoms with van der Waals surface area (Å²) in [6, 6.07) is 11.7. The van der Waals surface area contributed by atoms with E-state index in [9.17, 15) is 4.39 Å². The molecule has 0 aliphatic heterocycles. The van der Waals surface area contributed by atoms with Gasteiger partial charge >= 0.3 is 0 Å². The molecule has 2 rings (SSSR count). The minimum Gasteiger partial charge on any atom is -0.493 e. The first-order chi connectivity index (χ1) is 10.2. The average Bonchev–Trinajstić information content (AvgIpc) is 2.54. The van der Waals surface area contributed by atoms with Gasteiger partial charge < -0.3 is 9.47 Å². The predicted octanol–water partition coefficient (Wildman–Crippen LogP) is 4.18. The van der Waals surface area contributed by atoms with Crippen LogP contribution in [0, 0.1) is 17.1 Å². The monoisotopic (exact) mass is 349 g/mol. The zero-order valence-electron chi connectivity index (χ0n) is 11.4. The molecule has 0 saturated carbocycles. The van der Waals surface area contributed by atoms with Crippen molar-refractivity contribution in [2.24, 2.45) is 0 Å². The van der Waals surface area contributed by atoms with Crippen molar-refractivity contribution in [1.82, 2.24) is 0 Å². The third-order valence-electron chi connectivity index (χ3n) is 2.94. The van der Waals surface area contributed by atoms with E-state index in [1.165, 1.54) is 18.2 Å². The highest BCUT2D eigenvalue weighted by Gasteiger charge is 2.09. The molecule has 0 N–H and O–H groups in total. The van der Waals surface area contributed by atoms with Gasteiger partial charge in [-0.3, -0.25) is 0 Å². The van der Waals surface area contributed by atoms with E-state index in [1.54, 1.807) is 13.2 Å². The van der Waals surface area contributed by atoms with Crippen molar-refractivity contribution in [2.45, 2.75) is 11.9 Å². The quantitative estimate of drug-likeness (QED) is 0.760. The van der Waals surface area contributed by atoms with Crippen LogP contribution in [0.3, 0.4) is 0 Å². The Morgan fingerprint density at radius 3 is 2.67 bits per heavy atom. The Bertz CT molecular complexity index is 682. The van der Waals surface area contributed by atoms with Gasteiger partial charge in [0.2, 0.25) is 0 Å². The molecule has 0 aromatic heterocycles. The Morgan fingerprint density at radius 1 is 1.19 bits per heavy atom. The van der Waals surface area contributed by atoms with Gasteiger partial charge in [0.05, 0.1) is 18.7 Å². The second-order valence-corrected chi connectivity index (χ2v) is 4.89. The van der Waals surface area contributed by atoms with E-state index in [1.807, 2.05) is 18.2 Å². The summed E-state index contributed by atoms with van der Waals surface area (Å²) in [7, 11) is 1.55. The highest BCUT2D eigenvalue weighted by Crippen LogP contribution is 2.29. The van der Waals surface area contributed by atoms with E-state index < -0.39 is 5.82 Å². The summed E-state index contributed by atoms with van der Waals surface area (Å²) in [6.45, 7) is 0.0331. The van der Waals surface area contributed by atoms with Crippen molar-refractivity contribution in [3.8, 4) is 17.6 Å². The smallest absolute Gasteiger partial charge is 0.161 e. The average molecular weight is 350 g/mol. The molecule has 0 atom stereocenters. The van der Waals surface area contributed by atoms with Gasteiger partial charge in [-0.25, -0.2) is 4.39 Å². The lowest BCUT2D eigenvalue weighted by atomic mass is 10.1. The fourth-order valence-corrected chi connectivity index (χ4v) is 2.17. The topological polar surface area (TPSA) is 42.2 Å². The molecule has 0 aliphatic carbocycles. The second kappa shape index (κ2) is 7.09. The van der Waals surface area contributed by atoms with Crippen molar-refractivity contribution < 1.29 is 13.9 Å². The Labute approximate surface area is 131 Å². The van der Waals surface area contributed by atoms with Gasteiger partial charge in [-0.1, -0.05) is 22.0 Å². The lowest BCUT2D eigenvalue weighted by Crippen LogP contribution is -2.01. The van der Waals surface area contributed by atoms with Crippen molar-refractivity contribution >= 4 is 15.9 Å². The maximum atomic E-state index is 13.7. The van der Waals surface area contributed by atoms with E-state index in [4.69, 9.17) is 14.7 Å². The van der Waals surface area contributed by atoms with Crippen molar-refractivity contribution in [3.05, 3.63) is 58.9 Å². The van der Waals surface area contributed by atoms with E-state index in [2.05, 4.69) is 15.9 Å². The van der Waals surface area contributed by atoms with Crippen LogP contribution in [0.5, 0.6) is 11.5 Å². The minimum atomic E-state index is -0.398. The first-order valence-corrected chi connectivity index (χ1v) is 7.34. The van der Waals surface area contributed by atoms with E-state index >= 15 is 0 Å². The van der Waals surface area contributed by atoms with Crippen LogP contribution in [0.4, 0.5) is 4.39 Å². The Kier molecular flexibility index (Phi) is 5.18. The van der Waals surface area contributed by atoms with Crippen molar-refractivity contribution in [1.29, 1.82) is 5.26 Å². The summed E-state index contributed by atoms with van der Waals surface area (Å²) in [5, 5.41) is 9.55. The first-order valence-electron chi connectivity index (χ1n) is 6.22. The van der Waals surface area contributed by atoms with Gasteiger partial charge in [0, 0.05) is 10.9 Å². The molecule has 0 saturated heterocycles. The molecule has 2 aromatic carbocycles. The summed E-state index contributed by atoms with van der Waals surface area (Å²) < 4.78 is 24.5. The lowest BCUT2D eigenvalue weighted by Gasteiger charge is -2.12. The van der Waals surface area contributed by atoms with E-state index in [0.717, 1.165) is 5.56 Å². The summed E-state index contributed by atoms with van der Waals surface area (Å²) in [6.07, 6.45) is 0. The SMILES string of the molecule is COc1cc(CBr)ccc1OCc1cc(C#N)ccc1F. The number of ether oxygens (including phenoxy) is 2. The molecule has 21 heavy (non-hydrogen) atoms. The molecule has 0 radical (unpaired) electrons. The molecule has 2 aromatic rings. The number of nitrogens with zero attached hydrogens (tertiary/aromatic N) is 1. The largest absolute Gasteiger partial charge is 0.493 e. The molecule has 3 nitrogen and oxygen atoms in total. The number of hydrogen-bond donors (Lipinski definition) is 0. The van der Waals surface area contributed by atoms with Crippen LogP contribution < -0.4 is 9.47 Å². The van der Waals surface area contributed by atoms with E-state index in [0.29, 0.717) is 28.0 Å². The highest BCUT2D eigenvalue weighted by atomic mass is 79.9. The third-order valence-corrected chi connectivity index (χ3v) is 3.59. The van der Waals surface area contributed by atoms with Gasteiger partial charge in [-0.2, -0.15) is 5.26 Å². The fourth-order valence-electron chi connectivity index (χ4n) is 1.82. The molecule has 0 spiro atoms. The lowest BCUT2D eigenvalue weighted by molar-refractivity contribution is 0.279. The second-order valence-electron chi connectivity index (χ2n) is 4.33. The van der Waals surface area contributed by atoms with Crippen LogP contribution in [0.15, 0.2) is 36.4 Å². The van der Waals surface area contributed by atoms with Crippen LogP contribution in [0.1, 0.15) is 16.7 Å². The molecule has 0 unspecified atom stereocenters. The van der Waals surface area contributed by atoms with Crippen LogP contribution in [0.2, 0.25) is 0 Å². The first kappa shape index (κ1) is 15.3. The van der Waals surface area contributed by atoms with Crippen LogP contribution in [-0.4, -0.2) is 7.11 Å². The van der Waals surface area contributed by atoms with Gasteiger partial charge in [0.25, 0.3) is 0 Å². The molecule has 0 bridgehead atoms. The molecule has 108 valence electrons. The normalized spacial score (nSPS) is 10.0. The van der Waals surface area contributed by atoms with Crippen LogP contribution in [-0.2, 0) is 11.9 Å². The molecule has 0 amide bonds. The number of benzene rings is 2. The number of hydrogen-bond acceptors (Lipinski definition) is 3. The van der Waals surface area contributed by atoms with Gasteiger partial charge in [0.1, 0.15) is 12.4 Å². The summed E-state index contributed by atoms with van der Waals surface area (Å²) in [4.78, 5) is 0. The molecule has 0 fully saturated rings. The molecule has 5 heteroatoms. The Hall–Kier alpha value is -2.06. The predicted molar refractivity (Wildman–Crippen MR) is 81.1 cm³/mol. The number of nitriles is 1. The molecular weight excluding hydrogens is 337 g/mol. The van der Waals surface area contributed by atoms with Gasteiger partial charge in [-0.05, 0) is 35.9 Å². The number of rotatable bonds is 5. The van der Waals surface area contributed by atoms with Gasteiger partial charge in [-0.15, -0.1) is 0 Å². The maximum Gasteiger partial charge on any atom is 0.161 e. The molecular formula is C16H13BrFNO2. The van der Waals surface area contributed by atoms with Crippen LogP contribution in [0.25, 0.3) is 0 Å².